The summed E-state index contributed by atoms with van der Waals surface area (Å²) in [5, 5.41) is 6.09. The predicted octanol–water partition coefficient (Wildman–Crippen LogP) is 1.82. The van der Waals surface area contributed by atoms with Crippen LogP contribution in [0.25, 0.3) is 0 Å². The standard InChI is InChI=1S/C9H9NO2S/c1-2-7(13-3-1)9-8-6(4-11-9)5-12-10-8/h1-3,6,9H,4-5H2/t6-,9-/m0/s1. The highest BCUT2D eigenvalue weighted by molar-refractivity contribution is 7.10. The van der Waals surface area contributed by atoms with E-state index in [0.717, 1.165) is 12.3 Å². The maximum absolute atomic E-state index is 5.66. The van der Waals surface area contributed by atoms with Crippen molar-refractivity contribution in [1.29, 1.82) is 0 Å². The minimum absolute atomic E-state index is 0.0625. The van der Waals surface area contributed by atoms with E-state index >= 15 is 0 Å². The zero-order valence-corrected chi connectivity index (χ0v) is 7.79. The van der Waals surface area contributed by atoms with Gasteiger partial charge in [-0.15, -0.1) is 11.3 Å². The van der Waals surface area contributed by atoms with Crippen LogP contribution in [0.5, 0.6) is 0 Å². The van der Waals surface area contributed by atoms with Crippen LogP contribution in [-0.2, 0) is 9.57 Å². The van der Waals surface area contributed by atoms with Gasteiger partial charge >= 0.3 is 0 Å². The Morgan fingerprint density at radius 1 is 1.46 bits per heavy atom. The number of fused-ring (bicyclic) bond motifs is 1. The van der Waals surface area contributed by atoms with Gasteiger partial charge < -0.3 is 9.57 Å². The molecule has 4 heteroatoms. The summed E-state index contributed by atoms with van der Waals surface area (Å²) in [6.07, 6.45) is 0.0625. The molecular weight excluding hydrogens is 186 g/mol. The zero-order valence-electron chi connectivity index (χ0n) is 6.97. The number of hydrogen-bond donors (Lipinski definition) is 0. The van der Waals surface area contributed by atoms with E-state index in [9.17, 15) is 0 Å². The zero-order chi connectivity index (χ0) is 8.67. The topological polar surface area (TPSA) is 30.8 Å². The van der Waals surface area contributed by atoms with Crippen LogP contribution in [0.15, 0.2) is 22.7 Å². The van der Waals surface area contributed by atoms with Gasteiger partial charge in [0.1, 0.15) is 18.4 Å². The molecule has 68 valence electrons. The Balaban J connectivity index is 1.94. The van der Waals surface area contributed by atoms with Gasteiger partial charge in [0.05, 0.1) is 12.5 Å². The minimum atomic E-state index is 0.0625. The van der Waals surface area contributed by atoms with Gasteiger partial charge in [0.15, 0.2) is 0 Å². The first-order valence-electron chi connectivity index (χ1n) is 4.30. The third-order valence-electron chi connectivity index (χ3n) is 2.40. The lowest BCUT2D eigenvalue weighted by molar-refractivity contribution is 0.0805. The second-order valence-corrected chi connectivity index (χ2v) is 4.22. The third kappa shape index (κ3) is 1.09. The van der Waals surface area contributed by atoms with Gasteiger partial charge in [0, 0.05) is 4.88 Å². The fraction of sp³-hybridized carbons (Fsp3) is 0.444. The number of oxime groups is 1. The normalized spacial score (nSPS) is 31.2. The molecule has 2 aliphatic rings. The van der Waals surface area contributed by atoms with Gasteiger partial charge in [0.2, 0.25) is 0 Å². The first kappa shape index (κ1) is 7.53. The van der Waals surface area contributed by atoms with Crippen molar-refractivity contribution in [1.82, 2.24) is 0 Å². The molecule has 0 amide bonds. The van der Waals surface area contributed by atoms with Crippen LogP contribution >= 0.6 is 11.3 Å². The maximum Gasteiger partial charge on any atom is 0.134 e. The van der Waals surface area contributed by atoms with Crippen molar-refractivity contribution in [2.45, 2.75) is 6.10 Å². The number of nitrogens with zero attached hydrogens (tertiary/aromatic N) is 1. The van der Waals surface area contributed by atoms with Gasteiger partial charge in [-0.2, -0.15) is 0 Å². The van der Waals surface area contributed by atoms with Gasteiger partial charge in [-0.3, -0.25) is 0 Å². The Hall–Kier alpha value is -0.870. The van der Waals surface area contributed by atoms with E-state index in [4.69, 9.17) is 9.57 Å². The molecule has 1 aromatic heterocycles. The van der Waals surface area contributed by atoms with Crippen molar-refractivity contribution in [2.24, 2.45) is 11.1 Å². The summed E-state index contributed by atoms with van der Waals surface area (Å²) in [4.78, 5) is 6.28. The van der Waals surface area contributed by atoms with Crippen molar-refractivity contribution in [3.63, 3.8) is 0 Å². The third-order valence-corrected chi connectivity index (χ3v) is 3.31. The van der Waals surface area contributed by atoms with Gasteiger partial charge in [-0.25, -0.2) is 0 Å². The molecule has 3 heterocycles. The summed E-state index contributed by atoms with van der Waals surface area (Å²) in [5.74, 6) is 0.395. The largest absolute Gasteiger partial charge is 0.395 e. The fourth-order valence-corrected chi connectivity index (χ4v) is 2.51. The van der Waals surface area contributed by atoms with Crippen LogP contribution in [0.3, 0.4) is 0 Å². The van der Waals surface area contributed by atoms with E-state index in [0.29, 0.717) is 12.5 Å². The van der Waals surface area contributed by atoms with E-state index in [1.807, 2.05) is 6.07 Å². The van der Waals surface area contributed by atoms with E-state index in [1.165, 1.54) is 4.88 Å². The van der Waals surface area contributed by atoms with E-state index in [2.05, 4.69) is 16.6 Å². The quantitative estimate of drug-likeness (QED) is 0.684. The second-order valence-electron chi connectivity index (χ2n) is 3.24. The molecule has 3 rings (SSSR count). The molecule has 0 unspecified atom stereocenters. The van der Waals surface area contributed by atoms with Crippen LogP contribution in [-0.4, -0.2) is 18.9 Å². The van der Waals surface area contributed by atoms with Crippen molar-refractivity contribution in [3.05, 3.63) is 22.4 Å². The Morgan fingerprint density at radius 3 is 3.31 bits per heavy atom. The monoisotopic (exact) mass is 195 g/mol. The molecule has 0 N–H and O–H groups in total. The average molecular weight is 195 g/mol. The molecule has 1 aromatic rings. The molecule has 2 aliphatic heterocycles. The molecule has 0 radical (unpaired) electrons. The summed E-state index contributed by atoms with van der Waals surface area (Å²) in [6, 6.07) is 4.12. The van der Waals surface area contributed by atoms with Crippen LogP contribution in [0.1, 0.15) is 11.0 Å². The smallest absolute Gasteiger partial charge is 0.134 e. The summed E-state index contributed by atoms with van der Waals surface area (Å²) < 4.78 is 5.66. The first-order valence-corrected chi connectivity index (χ1v) is 5.18. The Labute approximate surface area is 80.0 Å². The maximum atomic E-state index is 5.66. The van der Waals surface area contributed by atoms with Crippen LogP contribution < -0.4 is 0 Å². The molecule has 3 nitrogen and oxygen atoms in total. The lowest BCUT2D eigenvalue weighted by Crippen LogP contribution is -2.11. The summed E-state index contributed by atoms with van der Waals surface area (Å²) in [7, 11) is 0. The molecule has 0 saturated carbocycles. The fourth-order valence-electron chi connectivity index (χ4n) is 1.72. The van der Waals surface area contributed by atoms with Gasteiger partial charge in [0.25, 0.3) is 0 Å². The molecule has 2 atom stereocenters. The highest BCUT2D eigenvalue weighted by atomic mass is 32.1. The Morgan fingerprint density at radius 2 is 2.46 bits per heavy atom. The lowest BCUT2D eigenvalue weighted by Gasteiger charge is -2.05. The number of rotatable bonds is 1. The van der Waals surface area contributed by atoms with Gasteiger partial charge in [-0.05, 0) is 11.4 Å². The molecule has 13 heavy (non-hydrogen) atoms. The predicted molar refractivity (Wildman–Crippen MR) is 49.9 cm³/mol. The molecule has 1 fully saturated rings. The summed E-state index contributed by atoms with van der Waals surface area (Å²) in [5.41, 5.74) is 1.07. The lowest BCUT2D eigenvalue weighted by atomic mass is 10.0. The first-order chi connectivity index (χ1) is 6.45. The highest BCUT2D eigenvalue weighted by Crippen LogP contribution is 2.35. The molecule has 0 bridgehead atoms. The van der Waals surface area contributed by atoms with Crippen molar-refractivity contribution < 1.29 is 9.57 Å². The molecule has 0 spiro atoms. The van der Waals surface area contributed by atoms with Crippen LogP contribution in [0.4, 0.5) is 0 Å². The van der Waals surface area contributed by atoms with E-state index in [1.54, 1.807) is 11.3 Å². The van der Waals surface area contributed by atoms with Crippen molar-refractivity contribution >= 4 is 17.0 Å². The number of thiophene rings is 1. The Bertz CT molecular complexity index is 333. The average Bonchev–Trinajstić information content (AvgIpc) is 2.79. The van der Waals surface area contributed by atoms with Crippen molar-refractivity contribution in [2.75, 3.05) is 13.2 Å². The van der Waals surface area contributed by atoms with Crippen LogP contribution in [0, 0.1) is 5.92 Å². The van der Waals surface area contributed by atoms with E-state index in [-0.39, 0.29) is 6.10 Å². The highest BCUT2D eigenvalue weighted by Gasteiger charge is 2.38. The van der Waals surface area contributed by atoms with Crippen LogP contribution in [0.2, 0.25) is 0 Å². The number of ether oxygens (including phenoxy) is 1. The molecule has 0 aliphatic carbocycles. The number of hydrogen-bond acceptors (Lipinski definition) is 4. The summed E-state index contributed by atoms with van der Waals surface area (Å²) >= 11 is 1.71. The summed E-state index contributed by atoms with van der Waals surface area (Å²) in [6.45, 7) is 1.44. The molecule has 0 aromatic carbocycles. The van der Waals surface area contributed by atoms with Crippen molar-refractivity contribution in [3.8, 4) is 0 Å². The second kappa shape index (κ2) is 2.82. The molecular formula is C9H9NO2S. The minimum Gasteiger partial charge on any atom is -0.395 e. The van der Waals surface area contributed by atoms with Gasteiger partial charge in [-0.1, -0.05) is 11.2 Å². The van der Waals surface area contributed by atoms with E-state index < -0.39 is 0 Å². The molecule has 1 saturated heterocycles. The SMILES string of the molecule is c1csc([C@@H]2OC[C@H]3CON=C32)c1. The Kier molecular flexibility index (Phi) is 1.63.